The molecule has 3 heteroatoms. The van der Waals surface area contributed by atoms with Crippen molar-refractivity contribution >= 4 is 24.2 Å². The van der Waals surface area contributed by atoms with Crippen LogP contribution in [0.25, 0.3) is 0 Å². The highest BCUT2D eigenvalue weighted by Crippen LogP contribution is 2.42. The smallest absolute Gasteiger partial charge is 0.147 e. The van der Waals surface area contributed by atoms with E-state index in [1.54, 1.807) is 0 Å². The van der Waals surface area contributed by atoms with E-state index in [9.17, 15) is 9.59 Å². The van der Waals surface area contributed by atoms with Crippen molar-refractivity contribution in [1.29, 1.82) is 0 Å². The largest absolute Gasteiger partial charge is 0.303 e. The molecule has 2 atom stereocenters. The molecule has 0 aromatic heterocycles. The van der Waals surface area contributed by atoms with Gasteiger partial charge in [-0.2, -0.15) is 0 Å². The van der Waals surface area contributed by atoms with Gasteiger partial charge < -0.3 is 4.79 Å². The zero-order chi connectivity index (χ0) is 11.6. The van der Waals surface area contributed by atoms with Crippen molar-refractivity contribution in [2.24, 2.45) is 17.3 Å². The number of hydrogen-bond donors (Lipinski definition) is 0. The molecule has 2 unspecified atom stereocenters. The second kappa shape index (κ2) is 4.48. The summed E-state index contributed by atoms with van der Waals surface area (Å²) >= 11 is 5.98. The molecule has 0 radical (unpaired) electrons. The average molecular weight is 229 g/mol. The molecule has 0 aromatic rings. The van der Waals surface area contributed by atoms with Crippen molar-refractivity contribution in [1.82, 2.24) is 0 Å². The van der Waals surface area contributed by atoms with Crippen molar-refractivity contribution in [3.63, 3.8) is 0 Å². The van der Waals surface area contributed by atoms with Gasteiger partial charge in [0.15, 0.2) is 0 Å². The second-order valence-electron chi connectivity index (χ2n) is 5.24. The predicted molar refractivity (Wildman–Crippen MR) is 60.7 cm³/mol. The van der Waals surface area contributed by atoms with Gasteiger partial charge in [-0.05, 0) is 24.2 Å². The van der Waals surface area contributed by atoms with Crippen LogP contribution in [0, 0.1) is 17.3 Å². The zero-order valence-corrected chi connectivity index (χ0v) is 10.2. The lowest BCUT2D eigenvalue weighted by Gasteiger charge is -2.36. The molecule has 0 saturated heterocycles. The van der Waals surface area contributed by atoms with Crippen molar-refractivity contribution < 1.29 is 9.59 Å². The average Bonchev–Trinajstić information content (AvgIpc) is 2.16. The quantitative estimate of drug-likeness (QED) is 0.681. The Bertz CT molecular complexity index is 299. The Balaban J connectivity index is 2.98. The van der Waals surface area contributed by atoms with Gasteiger partial charge in [0.25, 0.3) is 0 Å². The molecule has 84 valence electrons. The van der Waals surface area contributed by atoms with E-state index in [4.69, 9.17) is 11.6 Å². The zero-order valence-electron chi connectivity index (χ0n) is 9.42. The maximum absolute atomic E-state index is 10.9. The molecule has 0 heterocycles. The fourth-order valence-corrected chi connectivity index (χ4v) is 2.24. The molecule has 0 aliphatic heterocycles. The van der Waals surface area contributed by atoms with E-state index in [1.807, 2.05) is 0 Å². The van der Waals surface area contributed by atoms with Crippen LogP contribution in [0.15, 0.2) is 10.6 Å². The lowest BCUT2D eigenvalue weighted by molar-refractivity contribution is -0.110. The maximum Gasteiger partial charge on any atom is 0.147 e. The topological polar surface area (TPSA) is 34.1 Å². The van der Waals surface area contributed by atoms with Crippen LogP contribution in [-0.4, -0.2) is 12.6 Å². The summed E-state index contributed by atoms with van der Waals surface area (Å²) < 4.78 is 0. The minimum Gasteiger partial charge on any atom is -0.303 e. The molecule has 0 amide bonds. The first-order valence-corrected chi connectivity index (χ1v) is 5.57. The second-order valence-corrected chi connectivity index (χ2v) is 5.64. The lowest BCUT2D eigenvalue weighted by atomic mass is 9.70. The summed E-state index contributed by atoms with van der Waals surface area (Å²) in [6.45, 7) is 6.38. The third-order valence-corrected chi connectivity index (χ3v) is 3.69. The van der Waals surface area contributed by atoms with E-state index >= 15 is 0 Å². The maximum atomic E-state index is 10.9. The van der Waals surface area contributed by atoms with Gasteiger partial charge >= 0.3 is 0 Å². The van der Waals surface area contributed by atoms with Gasteiger partial charge in [0, 0.05) is 10.6 Å². The van der Waals surface area contributed by atoms with Gasteiger partial charge in [-0.25, -0.2) is 0 Å². The summed E-state index contributed by atoms with van der Waals surface area (Å²) in [7, 11) is 0. The Labute approximate surface area is 95.7 Å². The van der Waals surface area contributed by atoms with Gasteiger partial charge in [0.2, 0.25) is 0 Å². The van der Waals surface area contributed by atoms with E-state index in [2.05, 4.69) is 20.8 Å². The summed E-state index contributed by atoms with van der Waals surface area (Å²) in [5.41, 5.74) is 0.701. The minimum absolute atomic E-state index is 0.104. The summed E-state index contributed by atoms with van der Waals surface area (Å²) in [5, 5.41) is 0.445. The number of halogens is 1. The molecule has 0 saturated carbocycles. The first kappa shape index (κ1) is 12.4. The molecule has 1 aliphatic carbocycles. The van der Waals surface area contributed by atoms with Gasteiger partial charge in [0.1, 0.15) is 12.6 Å². The molecule has 0 aromatic carbocycles. The number of aldehydes is 2. The van der Waals surface area contributed by atoms with Crippen LogP contribution in [0.5, 0.6) is 0 Å². The molecule has 2 nitrogen and oxygen atoms in total. The minimum atomic E-state index is -0.287. The highest BCUT2D eigenvalue weighted by molar-refractivity contribution is 6.32. The number of hydrogen-bond acceptors (Lipinski definition) is 2. The molecule has 1 rings (SSSR count). The van der Waals surface area contributed by atoms with E-state index in [-0.39, 0.29) is 11.3 Å². The van der Waals surface area contributed by atoms with Crippen molar-refractivity contribution in [3.05, 3.63) is 10.6 Å². The molecule has 0 N–H and O–H groups in total. The first-order chi connectivity index (χ1) is 6.90. The van der Waals surface area contributed by atoms with Crippen LogP contribution in [0.4, 0.5) is 0 Å². The fraction of sp³-hybridized carbons (Fsp3) is 0.667. The summed E-state index contributed by atoms with van der Waals surface area (Å²) in [6, 6.07) is 0. The number of allylic oxidation sites excluding steroid dienone is 2. The standard InChI is InChI=1S/C12H17ClO2/c1-12(2,3)10-4-8(6-14)11(13)9(5-10)7-15/h6-8,10H,4-5H2,1-3H3. The van der Waals surface area contributed by atoms with Crippen LogP contribution >= 0.6 is 11.6 Å². The van der Waals surface area contributed by atoms with E-state index in [1.165, 1.54) is 0 Å². The first-order valence-electron chi connectivity index (χ1n) is 5.19. The predicted octanol–water partition coefficient (Wildman–Crippen LogP) is 2.95. The molecule has 15 heavy (non-hydrogen) atoms. The number of rotatable bonds is 2. The Kier molecular flexibility index (Phi) is 3.72. The molecular weight excluding hydrogens is 212 g/mol. The van der Waals surface area contributed by atoms with Crippen LogP contribution in [0.1, 0.15) is 33.6 Å². The summed E-state index contributed by atoms with van der Waals surface area (Å²) in [6.07, 6.45) is 3.08. The fourth-order valence-electron chi connectivity index (χ4n) is 1.97. The number of carbonyl (C=O) groups excluding carboxylic acids is 2. The van der Waals surface area contributed by atoms with E-state index in [0.717, 1.165) is 19.0 Å². The molecule has 1 aliphatic rings. The molecule has 0 spiro atoms. The van der Waals surface area contributed by atoms with Crippen LogP contribution in [0.3, 0.4) is 0 Å². The van der Waals surface area contributed by atoms with Crippen LogP contribution < -0.4 is 0 Å². The van der Waals surface area contributed by atoms with Crippen LogP contribution in [0.2, 0.25) is 0 Å². The van der Waals surface area contributed by atoms with Crippen molar-refractivity contribution in [2.75, 3.05) is 0 Å². The monoisotopic (exact) mass is 228 g/mol. The molecule has 0 fully saturated rings. The number of carbonyl (C=O) groups is 2. The highest BCUT2D eigenvalue weighted by atomic mass is 35.5. The van der Waals surface area contributed by atoms with Crippen molar-refractivity contribution in [3.8, 4) is 0 Å². The normalized spacial score (nSPS) is 27.7. The van der Waals surface area contributed by atoms with Crippen molar-refractivity contribution in [2.45, 2.75) is 33.6 Å². The Morgan fingerprint density at radius 3 is 2.33 bits per heavy atom. The van der Waals surface area contributed by atoms with Gasteiger partial charge in [-0.3, -0.25) is 4.79 Å². The van der Waals surface area contributed by atoms with E-state index in [0.29, 0.717) is 22.9 Å². The summed E-state index contributed by atoms with van der Waals surface area (Å²) in [5.74, 6) is 0.0558. The molecular formula is C12H17ClO2. The Morgan fingerprint density at radius 2 is 1.93 bits per heavy atom. The third kappa shape index (κ3) is 2.69. The molecule has 0 bridgehead atoms. The highest BCUT2D eigenvalue weighted by Gasteiger charge is 2.34. The van der Waals surface area contributed by atoms with E-state index < -0.39 is 0 Å². The lowest BCUT2D eigenvalue weighted by Crippen LogP contribution is -2.28. The Morgan fingerprint density at radius 1 is 1.33 bits per heavy atom. The van der Waals surface area contributed by atoms with Crippen LogP contribution in [-0.2, 0) is 9.59 Å². The van der Waals surface area contributed by atoms with Gasteiger partial charge in [0.05, 0.1) is 5.92 Å². The summed E-state index contributed by atoms with van der Waals surface area (Å²) in [4.78, 5) is 21.7. The SMILES string of the molecule is CC(C)(C)C1CC(C=O)=C(Cl)C(C=O)C1. The van der Waals surface area contributed by atoms with Gasteiger partial charge in [-0.15, -0.1) is 0 Å². The Hall–Kier alpha value is -0.630. The van der Waals surface area contributed by atoms with Gasteiger partial charge in [-0.1, -0.05) is 32.4 Å². The third-order valence-electron chi connectivity index (χ3n) is 3.17.